The number of alkyl halides is 2. The molecule has 0 aliphatic rings. The molecular weight excluding hydrogens is 458 g/mol. The molecule has 0 aliphatic heterocycles. The second-order valence-electron chi connectivity index (χ2n) is 3.10. The minimum atomic E-state index is -2.59. The number of ether oxygens (including phenoxy) is 1. The van der Waals surface area contributed by atoms with Crippen LogP contribution in [0.2, 0.25) is 0 Å². The molecule has 3 nitrogen and oxygen atoms in total. The van der Waals surface area contributed by atoms with Crippen molar-refractivity contribution in [3.63, 3.8) is 0 Å². The maximum atomic E-state index is 12.7. The molecule has 0 saturated heterocycles. The Kier molecular flexibility index (Phi) is 5.97. The van der Waals surface area contributed by atoms with E-state index in [9.17, 15) is 13.6 Å². The van der Waals surface area contributed by atoms with Gasteiger partial charge in [0, 0.05) is 0 Å². The Labute approximate surface area is 125 Å². The molecule has 0 atom stereocenters. The van der Waals surface area contributed by atoms with Crippen LogP contribution in [0, 0.1) is 7.40 Å². The van der Waals surface area contributed by atoms with Crippen LogP contribution in [0.25, 0.3) is 0 Å². The van der Waals surface area contributed by atoms with Crippen LogP contribution in [-0.4, -0.2) is 17.6 Å². The van der Waals surface area contributed by atoms with Crippen LogP contribution in [0.1, 0.15) is 24.5 Å². The molecule has 1 rings (SSSR count). The first-order chi connectivity index (χ1) is 7.95. The van der Waals surface area contributed by atoms with E-state index in [-0.39, 0.29) is 22.3 Å². The average molecular weight is 467 g/mol. The topological polar surface area (TPSA) is 39.2 Å². The van der Waals surface area contributed by atoms with E-state index in [4.69, 9.17) is 4.74 Å². The lowest BCUT2D eigenvalue weighted by atomic mass is 10.1. The van der Waals surface area contributed by atoms with Crippen molar-refractivity contribution >= 4 is 51.2 Å². The summed E-state index contributed by atoms with van der Waals surface area (Å²) in [4.78, 5) is 15.3. The normalized spacial score (nSPS) is 10.7. The molecule has 1 aromatic heterocycles. The van der Waals surface area contributed by atoms with E-state index < -0.39 is 12.4 Å². The summed E-state index contributed by atoms with van der Waals surface area (Å²) in [7, 11) is 0. The molecule has 1 aromatic rings. The van der Waals surface area contributed by atoms with Crippen LogP contribution in [-0.2, 0) is 16.0 Å². The van der Waals surface area contributed by atoms with E-state index in [1.165, 1.54) is 6.07 Å². The highest BCUT2D eigenvalue weighted by atomic mass is 127. The Morgan fingerprint density at radius 1 is 1.47 bits per heavy atom. The fourth-order valence-electron chi connectivity index (χ4n) is 1.17. The molecule has 7 heteroatoms. The predicted octanol–water partition coefficient (Wildman–Crippen LogP) is 3.33. The predicted molar refractivity (Wildman–Crippen MR) is 75.0 cm³/mol. The lowest BCUT2D eigenvalue weighted by Crippen LogP contribution is -2.10. The van der Waals surface area contributed by atoms with Crippen molar-refractivity contribution in [1.82, 2.24) is 4.98 Å². The second kappa shape index (κ2) is 6.76. The van der Waals surface area contributed by atoms with E-state index in [0.717, 1.165) is 0 Å². The zero-order chi connectivity index (χ0) is 13.0. The number of aromatic nitrogens is 1. The SMILES string of the molecule is CCOC(=O)Cc1cc(C(F)F)c(I)nc1I. The van der Waals surface area contributed by atoms with Crippen LogP contribution >= 0.6 is 45.2 Å². The average Bonchev–Trinajstić information content (AvgIpc) is 2.21. The minimum absolute atomic E-state index is 0.0320. The monoisotopic (exact) mass is 467 g/mol. The van der Waals surface area contributed by atoms with Crippen molar-refractivity contribution in [3.05, 3.63) is 24.6 Å². The number of nitrogens with zero attached hydrogens (tertiary/aromatic N) is 1. The van der Waals surface area contributed by atoms with Crippen LogP contribution in [0.4, 0.5) is 8.78 Å². The van der Waals surface area contributed by atoms with Gasteiger partial charge in [0.1, 0.15) is 7.40 Å². The van der Waals surface area contributed by atoms with Gasteiger partial charge in [0.25, 0.3) is 6.43 Å². The molecule has 0 radical (unpaired) electrons. The summed E-state index contributed by atoms with van der Waals surface area (Å²) in [5.41, 5.74) is 0.324. The first-order valence-electron chi connectivity index (χ1n) is 4.74. The Hall–Kier alpha value is -0.0600. The molecule has 0 spiro atoms. The van der Waals surface area contributed by atoms with Crippen LogP contribution < -0.4 is 0 Å². The molecule has 94 valence electrons. The van der Waals surface area contributed by atoms with Crippen molar-refractivity contribution in [2.75, 3.05) is 6.61 Å². The van der Waals surface area contributed by atoms with Gasteiger partial charge in [-0.15, -0.1) is 0 Å². The van der Waals surface area contributed by atoms with Crippen molar-refractivity contribution in [3.8, 4) is 0 Å². The van der Waals surface area contributed by atoms with Gasteiger partial charge < -0.3 is 4.74 Å². The maximum absolute atomic E-state index is 12.7. The van der Waals surface area contributed by atoms with Gasteiger partial charge in [-0.2, -0.15) is 0 Å². The Morgan fingerprint density at radius 3 is 2.65 bits per heavy atom. The first kappa shape index (κ1) is 15.0. The molecule has 0 bridgehead atoms. The number of carbonyl (C=O) groups is 1. The Bertz CT molecular complexity index is 427. The number of halogens is 4. The molecule has 0 amide bonds. The molecule has 0 aliphatic carbocycles. The van der Waals surface area contributed by atoms with Crippen molar-refractivity contribution < 1.29 is 18.3 Å². The number of hydrogen-bond donors (Lipinski definition) is 0. The summed E-state index contributed by atoms with van der Waals surface area (Å²) in [5.74, 6) is -0.436. The van der Waals surface area contributed by atoms with E-state index >= 15 is 0 Å². The standard InChI is InChI=1S/C10H9F2I2NO2/c1-2-17-7(16)4-5-3-6(8(11)12)10(14)15-9(5)13/h3,8H,2,4H2,1H3. The summed E-state index contributed by atoms with van der Waals surface area (Å²) in [6.07, 6.45) is -2.62. The van der Waals surface area contributed by atoms with Crippen molar-refractivity contribution in [1.29, 1.82) is 0 Å². The minimum Gasteiger partial charge on any atom is -0.466 e. The van der Waals surface area contributed by atoms with Gasteiger partial charge in [-0.3, -0.25) is 4.79 Å². The van der Waals surface area contributed by atoms with Gasteiger partial charge in [0.05, 0.1) is 18.6 Å². The van der Waals surface area contributed by atoms with Gasteiger partial charge >= 0.3 is 5.97 Å². The van der Waals surface area contributed by atoms with Crippen molar-refractivity contribution in [2.24, 2.45) is 0 Å². The van der Waals surface area contributed by atoms with Gasteiger partial charge in [0.15, 0.2) is 0 Å². The smallest absolute Gasteiger partial charge is 0.310 e. The van der Waals surface area contributed by atoms with Crippen LogP contribution in [0.15, 0.2) is 6.07 Å². The lowest BCUT2D eigenvalue weighted by molar-refractivity contribution is -0.142. The summed E-state index contributed by atoms with van der Waals surface area (Å²) in [6.45, 7) is 1.97. The second-order valence-corrected chi connectivity index (χ2v) is 5.14. The highest BCUT2D eigenvalue weighted by molar-refractivity contribution is 14.1. The molecule has 17 heavy (non-hydrogen) atoms. The largest absolute Gasteiger partial charge is 0.466 e. The van der Waals surface area contributed by atoms with Gasteiger partial charge in [-0.25, -0.2) is 13.8 Å². The number of carbonyl (C=O) groups excluding carboxylic acids is 1. The molecule has 0 N–H and O–H groups in total. The summed E-state index contributed by atoms with van der Waals surface area (Å²) < 4.78 is 30.9. The number of rotatable bonds is 4. The van der Waals surface area contributed by atoms with E-state index in [1.54, 1.807) is 29.5 Å². The Balaban J connectivity index is 2.99. The fourth-order valence-corrected chi connectivity index (χ4v) is 2.86. The molecule has 0 aromatic carbocycles. The van der Waals surface area contributed by atoms with Gasteiger partial charge in [-0.05, 0) is 63.7 Å². The van der Waals surface area contributed by atoms with E-state index in [1.807, 2.05) is 22.6 Å². The zero-order valence-electron chi connectivity index (χ0n) is 8.84. The molecule has 1 heterocycles. The number of esters is 1. The first-order valence-corrected chi connectivity index (χ1v) is 6.90. The lowest BCUT2D eigenvalue weighted by Gasteiger charge is -2.08. The van der Waals surface area contributed by atoms with Crippen molar-refractivity contribution in [2.45, 2.75) is 19.8 Å². The number of pyridine rings is 1. The summed E-state index contributed by atoms with van der Waals surface area (Å²) >= 11 is 3.68. The molecule has 0 fully saturated rings. The zero-order valence-corrected chi connectivity index (χ0v) is 13.2. The van der Waals surface area contributed by atoms with Gasteiger partial charge in [-0.1, -0.05) is 0 Å². The van der Waals surface area contributed by atoms with E-state index in [0.29, 0.717) is 9.26 Å². The van der Waals surface area contributed by atoms with E-state index in [2.05, 4.69) is 4.98 Å². The molecular formula is C10H9F2I2NO2. The molecule has 0 unspecified atom stereocenters. The fraction of sp³-hybridized carbons (Fsp3) is 0.400. The Morgan fingerprint density at radius 2 is 2.12 bits per heavy atom. The third-order valence-corrected chi connectivity index (χ3v) is 3.70. The molecule has 0 saturated carbocycles. The van der Waals surface area contributed by atoms with Crippen LogP contribution in [0.3, 0.4) is 0 Å². The maximum Gasteiger partial charge on any atom is 0.310 e. The summed E-state index contributed by atoms with van der Waals surface area (Å²) in [5, 5.41) is 0. The number of hydrogen-bond acceptors (Lipinski definition) is 3. The summed E-state index contributed by atoms with van der Waals surface area (Å²) in [6, 6.07) is 1.32. The van der Waals surface area contributed by atoms with Gasteiger partial charge in [0.2, 0.25) is 0 Å². The highest BCUT2D eigenvalue weighted by Crippen LogP contribution is 2.26. The third-order valence-electron chi connectivity index (χ3n) is 1.90. The van der Waals surface area contributed by atoms with Crippen LogP contribution in [0.5, 0.6) is 0 Å². The highest BCUT2D eigenvalue weighted by Gasteiger charge is 2.17. The quantitative estimate of drug-likeness (QED) is 0.388. The third kappa shape index (κ3) is 4.27.